The third-order valence-corrected chi connectivity index (χ3v) is 12.7. The van der Waals surface area contributed by atoms with E-state index in [2.05, 4.69) is 80.5 Å². The predicted octanol–water partition coefficient (Wildman–Crippen LogP) is 2.68. The van der Waals surface area contributed by atoms with Gasteiger partial charge in [0.1, 0.15) is 0 Å². The van der Waals surface area contributed by atoms with E-state index in [0.717, 1.165) is 0 Å². The van der Waals surface area contributed by atoms with E-state index >= 15 is 0 Å². The maximum atomic E-state index is 7.75. The van der Waals surface area contributed by atoms with Crippen LogP contribution in [0.5, 0.6) is 0 Å². The number of rotatable bonds is 4. The van der Waals surface area contributed by atoms with Gasteiger partial charge in [-0.25, -0.2) is 0 Å². The van der Waals surface area contributed by atoms with Crippen molar-refractivity contribution in [3.63, 3.8) is 0 Å². The van der Waals surface area contributed by atoms with Gasteiger partial charge >= 0.3 is 42.1 Å². The van der Waals surface area contributed by atoms with Crippen LogP contribution in [0.4, 0.5) is 0 Å². The summed E-state index contributed by atoms with van der Waals surface area (Å²) < 4.78 is 0. The second kappa shape index (κ2) is 56.3. The molecule has 0 aliphatic carbocycles. The Labute approximate surface area is 184 Å². The molecule has 4 nitrogen and oxygen atoms in total. The fraction of sp³-hybridized carbons (Fsp3) is 0.714. The minimum atomic E-state index is 0. The van der Waals surface area contributed by atoms with Crippen LogP contribution in [0.1, 0.15) is 0 Å². The minimum absolute atomic E-state index is 0. The molecule has 0 fully saturated rings. The number of hydrogen-bond donors (Lipinski definition) is 0. The van der Waals surface area contributed by atoms with Gasteiger partial charge in [0.05, 0.1) is 0 Å². The molecular formula is C14H36O4P4Pt2+4. The quantitative estimate of drug-likeness (QED) is 0.250. The van der Waals surface area contributed by atoms with Crippen LogP contribution >= 0.6 is 31.7 Å². The van der Waals surface area contributed by atoms with E-state index in [1.807, 2.05) is 0 Å². The Bertz CT molecular complexity index is 147. The van der Waals surface area contributed by atoms with Crippen LogP contribution < -0.4 is 0 Å². The van der Waals surface area contributed by atoms with Crippen molar-refractivity contribution >= 4 is 58.8 Å². The van der Waals surface area contributed by atoms with E-state index in [9.17, 15) is 0 Å². The van der Waals surface area contributed by atoms with E-state index in [4.69, 9.17) is 19.2 Å². The molecule has 0 aromatic carbocycles. The van der Waals surface area contributed by atoms with Crippen molar-refractivity contribution in [3.8, 4) is 0 Å². The van der Waals surface area contributed by atoms with Crippen molar-refractivity contribution in [2.75, 3.05) is 65.1 Å². The molecule has 0 unspecified atom stereocenters. The summed E-state index contributed by atoms with van der Waals surface area (Å²) in [5.41, 5.74) is 0. The van der Waals surface area contributed by atoms with Crippen molar-refractivity contribution in [1.82, 2.24) is 0 Å². The molecule has 0 spiro atoms. The van der Waals surface area contributed by atoms with Gasteiger partial charge in [0.2, 0.25) is 0 Å². The molecule has 0 aromatic rings. The van der Waals surface area contributed by atoms with Crippen LogP contribution in [-0.2, 0) is 61.3 Å². The monoisotopic (exact) mass is 782 g/mol. The third-order valence-electron chi connectivity index (χ3n) is 1.41. The molecule has 0 heterocycles. The summed E-state index contributed by atoms with van der Waals surface area (Å²) in [4.78, 5) is 31.0. The van der Waals surface area contributed by atoms with Crippen LogP contribution in [0.3, 0.4) is 0 Å². The Morgan fingerprint density at radius 1 is 0.417 bits per heavy atom. The zero-order chi connectivity index (χ0) is 19.7. The summed E-state index contributed by atoms with van der Waals surface area (Å²) in [7, 11) is 0.444. The second-order valence-corrected chi connectivity index (χ2v) is 17.7. The summed E-state index contributed by atoms with van der Waals surface area (Å²) >= 11 is 0. The summed E-state index contributed by atoms with van der Waals surface area (Å²) in [6, 6.07) is 0. The maximum absolute atomic E-state index is 7.75. The third kappa shape index (κ3) is 129. The van der Waals surface area contributed by atoms with Crippen LogP contribution in [0.25, 0.3) is 0 Å². The Kier molecular flexibility index (Phi) is 117. The summed E-state index contributed by atoms with van der Waals surface area (Å²) in [6.45, 7) is 32.1. The van der Waals surface area contributed by atoms with Gasteiger partial charge in [-0.3, -0.25) is 27.2 Å². The topological polar surface area (TPSA) is 68.3 Å². The van der Waals surface area contributed by atoms with E-state index in [1.54, 1.807) is 11.8 Å². The molecular weight excluding hydrogens is 746 g/mol. The summed E-state index contributed by atoms with van der Waals surface area (Å²) in [6.07, 6.45) is 0. The summed E-state index contributed by atoms with van der Waals surface area (Å²) in [5.74, 6) is 3.13. The largest absolute Gasteiger partial charge is 2.00 e. The smallest absolute Gasteiger partial charge is 0.545 e. The molecule has 0 bridgehead atoms. The maximum Gasteiger partial charge on any atom is 2.00 e. The molecule has 0 amide bonds. The number of hydrogen-bond acceptors (Lipinski definition) is 4. The van der Waals surface area contributed by atoms with Crippen LogP contribution in [0.15, 0.2) is 0 Å². The molecule has 10 heteroatoms. The first-order valence-corrected chi connectivity index (χ1v) is 17.2. The van der Waals surface area contributed by atoms with Gasteiger partial charge in [-0.15, -0.1) is 0 Å². The Morgan fingerprint density at radius 3 is 0.500 bits per heavy atom. The van der Waals surface area contributed by atoms with Gasteiger partial charge in [0.15, 0.2) is 11.8 Å². The minimum Gasteiger partial charge on any atom is -0.545 e. The zero-order valence-corrected chi connectivity index (χ0v) is 24.5. The van der Waals surface area contributed by atoms with E-state index in [0.29, 0.717) is 0 Å². The van der Waals surface area contributed by atoms with Gasteiger partial charge in [-0.05, 0) is 0 Å². The van der Waals surface area contributed by atoms with Crippen molar-refractivity contribution in [1.29, 1.82) is 0 Å². The van der Waals surface area contributed by atoms with E-state index in [-0.39, 0.29) is 73.8 Å². The Balaban J connectivity index is -0.0000000237. The van der Waals surface area contributed by atoms with Gasteiger partial charge in [-0.2, -0.15) is 0 Å². The van der Waals surface area contributed by atoms with Crippen molar-refractivity contribution in [2.24, 2.45) is 0 Å². The van der Waals surface area contributed by atoms with E-state index in [1.165, 1.54) is 0 Å². The van der Waals surface area contributed by atoms with Crippen LogP contribution in [0, 0.1) is 0 Å². The standard InChI is InChI=1S/2C5H14P2.4CHO.2Pt/c2*1-6(2)5-7(3)4;4*1-2;;/h2*5H2,1-4H3;4*1H;;/q;;4*-1;2*+2/p+4. The van der Waals surface area contributed by atoms with Crippen molar-refractivity contribution in [2.45, 2.75) is 0 Å². The first kappa shape index (κ1) is 50.1. The number of carbonyl (C=O) groups excluding carboxylic acids is 4. The molecule has 24 heavy (non-hydrogen) atoms. The Morgan fingerprint density at radius 2 is 0.500 bits per heavy atom. The first-order chi connectivity index (χ1) is 10.3. The fourth-order valence-electron chi connectivity index (χ4n) is 1.41. The molecule has 0 aliphatic rings. The van der Waals surface area contributed by atoms with Crippen LogP contribution in [0.2, 0.25) is 0 Å². The normalized spacial score (nSPS) is 7.17. The zero-order valence-electron chi connectivity index (χ0n) is 16.0. The summed E-state index contributed by atoms with van der Waals surface area (Å²) in [5, 5.41) is 0. The van der Waals surface area contributed by atoms with Gasteiger partial charge < -0.3 is 19.2 Å². The SMILES string of the molecule is C[PH+](C)C[PH+](C)C.C[PH+](C)C[PH+](C)C.[CH-]=O.[CH-]=O.[CH-]=O.[CH-]=O.[Pt+2].[Pt+2]. The Hall–Kier alpha value is 1.78. The fourth-order valence-corrected chi connectivity index (χ4v) is 12.7. The molecule has 0 saturated heterocycles. The molecule has 152 valence electrons. The molecule has 0 atom stereocenters. The average molecular weight is 782 g/mol. The van der Waals surface area contributed by atoms with Crippen LogP contribution in [-0.4, -0.2) is 92.3 Å². The predicted molar refractivity (Wildman–Crippen MR) is 117 cm³/mol. The first-order valence-electron chi connectivity index (χ1n) is 6.36. The van der Waals surface area contributed by atoms with Crippen molar-refractivity contribution in [3.05, 3.63) is 0 Å². The van der Waals surface area contributed by atoms with Crippen molar-refractivity contribution < 1.29 is 61.3 Å². The van der Waals surface area contributed by atoms with Gasteiger partial charge in [-0.1, -0.05) is 0 Å². The van der Waals surface area contributed by atoms with E-state index < -0.39 is 0 Å². The molecule has 0 aromatic heterocycles. The molecule has 0 aliphatic heterocycles. The molecule has 0 N–H and O–H groups in total. The molecule has 0 rings (SSSR count). The molecule has 0 radical (unpaired) electrons. The molecule has 0 saturated carbocycles. The van der Waals surface area contributed by atoms with Gasteiger partial charge in [0.25, 0.3) is 0 Å². The van der Waals surface area contributed by atoms with Gasteiger partial charge in [0, 0.05) is 85.0 Å². The second-order valence-electron chi connectivity index (χ2n) is 5.18. The average Bonchev–Trinajstić information content (AvgIpc) is 2.45.